The summed E-state index contributed by atoms with van der Waals surface area (Å²) in [5.74, 6) is 1.71. The molecule has 0 spiro atoms. The van der Waals surface area contributed by atoms with Gasteiger partial charge in [0, 0.05) is 12.5 Å². The predicted octanol–water partition coefficient (Wildman–Crippen LogP) is 2.10. The Labute approximate surface area is 114 Å². The molecule has 3 unspecified atom stereocenters. The number of piperidine rings is 1. The fourth-order valence-corrected chi connectivity index (χ4v) is 2.69. The minimum absolute atomic E-state index is 0.0299. The van der Waals surface area contributed by atoms with Gasteiger partial charge in [-0.2, -0.15) is 0 Å². The molecule has 1 amide bonds. The lowest BCUT2D eigenvalue weighted by Gasteiger charge is -2.29. The zero-order chi connectivity index (χ0) is 13.7. The maximum atomic E-state index is 12.2. The minimum Gasteiger partial charge on any atom is -0.469 e. The van der Waals surface area contributed by atoms with Crippen molar-refractivity contribution in [3.8, 4) is 0 Å². The molecule has 1 saturated heterocycles. The molecule has 0 aliphatic carbocycles. The monoisotopic (exact) mass is 264 g/mol. The van der Waals surface area contributed by atoms with Crippen molar-refractivity contribution in [3.63, 3.8) is 0 Å². The number of hydrogen-bond acceptors (Lipinski definition) is 3. The van der Waals surface area contributed by atoms with Crippen LogP contribution in [0.5, 0.6) is 0 Å². The van der Waals surface area contributed by atoms with Crippen LogP contribution in [0.1, 0.15) is 38.9 Å². The molecule has 1 fully saturated rings. The van der Waals surface area contributed by atoms with Gasteiger partial charge in [-0.3, -0.25) is 4.79 Å². The number of carbonyl (C=O) groups excluding carboxylic acids is 1. The molecule has 0 aromatic carbocycles. The number of rotatable bonds is 5. The van der Waals surface area contributed by atoms with Gasteiger partial charge >= 0.3 is 0 Å². The highest BCUT2D eigenvalue weighted by Crippen LogP contribution is 2.19. The Bertz CT molecular complexity index is 389. The zero-order valence-electron chi connectivity index (χ0n) is 11.8. The lowest BCUT2D eigenvalue weighted by molar-refractivity contribution is -0.124. The highest BCUT2D eigenvalue weighted by atomic mass is 16.3. The van der Waals surface area contributed by atoms with Crippen molar-refractivity contribution in [3.05, 3.63) is 24.2 Å². The molecular weight excluding hydrogens is 240 g/mol. The van der Waals surface area contributed by atoms with Crippen LogP contribution < -0.4 is 10.6 Å². The van der Waals surface area contributed by atoms with E-state index < -0.39 is 0 Å². The topological polar surface area (TPSA) is 54.3 Å². The Morgan fingerprint density at radius 3 is 3.16 bits per heavy atom. The van der Waals surface area contributed by atoms with Gasteiger partial charge in [0.05, 0.1) is 12.3 Å². The molecule has 1 aliphatic rings. The van der Waals surface area contributed by atoms with Gasteiger partial charge in [-0.15, -0.1) is 0 Å². The first-order chi connectivity index (χ1) is 9.19. The third kappa shape index (κ3) is 4.10. The molecular formula is C15H24N2O2. The summed E-state index contributed by atoms with van der Waals surface area (Å²) in [5.41, 5.74) is 0. The van der Waals surface area contributed by atoms with Gasteiger partial charge in [0.2, 0.25) is 5.91 Å². The lowest BCUT2D eigenvalue weighted by atomic mass is 9.90. The minimum atomic E-state index is -0.0299. The molecule has 19 heavy (non-hydrogen) atoms. The molecule has 1 aromatic heterocycles. The van der Waals surface area contributed by atoms with E-state index in [0.717, 1.165) is 31.6 Å². The Kier molecular flexibility index (Phi) is 5.02. The Morgan fingerprint density at radius 1 is 1.63 bits per heavy atom. The average Bonchev–Trinajstić information content (AvgIpc) is 2.91. The van der Waals surface area contributed by atoms with Crippen molar-refractivity contribution in [2.75, 3.05) is 6.54 Å². The summed E-state index contributed by atoms with van der Waals surface area (Å²) in [6, 6.07) is 3.88. The summed E-state index contributed by atoms with van der Waals surface area (Å²) in [5, 5.41) is 6.38. The van der Waals surface area contributed by atoms with Crippen LogP contribution in [0.3, 0.4) is 0 Å². The van der Waals surface area contributed by atoms with E-state index in [1.165, 1.54) is 6.42 Å². The summed E-state index contributed by atoms with van der Waals surface area (Å²) >= 11 is 0. The van der Waals surface area contributed by atoms with Crippen LogP contribution >= 0.6 is 0 Å². The van der Waals surface area contributed by atoms with E-state index in [0.29, 0.717) is 5.92 Å². The van der Waals surface area contributed by atoms with Crippen LogP contribution in [-0.4, -0.2) is 24.5 Å². The molecule has 2 rings (SSSR count). The number of carbonyl (C=O) groups is 1. The van der Waals surface area contributed by atoms with E-state index in [4.69, 9.17) is 4.42 Å². The molecule has 3 atom stereocenters. The van der Waals surface area contributed by atoms with Crippen molar-refractivity contribution in [1.29, 1.82) is 0 Å². The van der Waals surface area contributed by atoms with E-state index in [-0.39, 0.29) is 18.0 Å². The second kappa shape index (κ2) is 6.75. The fraction of sp³-hybridized carbons (Fsp3) is 0.667. The van der Waals surface area contributed by atoms with E-state index in [1.54, 1.807) is 6.26 Å². The number of nitrogens with one attached hydrogen (secondary N) is 2. The summed E-state index contributed by atoms with van der Waals surface area (Å²) in [6.07, 6.45) is 5.70. The smallest absolute Gasteiger partial charge is 0.237 e. The summed E-state index contributed by atoms with van der Waals surface area (Å²) in [7, 11) is 0. The average molecular weight is 264 g/mol. The first kappa shape index (κ1) is 14.1. The van der Waals surface area contributed by atoms with Gasteiger partial charge in [0.1, 0.15) is 5.76 Å². The summed E-state index contributed by atoms with van der Waals surface area (Å²) in [4.78, 5) is 12.2. The largest absolute Gasteiger partial charge is 0.469 e. The lowest BCUT2D eigenvalue weighted by Crippen LogP contribution is -2.51. The molecule has 2 heterocycles. The predicted molar refractivity (Wildman–Crippen MR) is 74.8 cm³/mol. The second-order valence-electron chi connectivity index (χ2n) is 5.50. The van der Waals surface area contributed by atoms with Crippen LogP contribution in [0, 0.1) is 5.92 Å². The SMILES string of the molecule is CCC1CCNC(C(=O)NC(C)Cc2ccco2)C1. The van der Waals surface area contributed by atoms with Crippen molar-refractivity contribution in [1.82, 2.24) is 10.6 Å². The third-order valence-electron chi connectivity index (χ3n) is 3.88. The van der Waals surface area contributed by atoms with Gasteiger partial charge in [-0.25, -0.2) is 0 Å². The summed E-state index contributed by atoms with van der Waals surface area (Å²) in [6.45, 7) is 5.16. The molecule has 4 heteroatoms. The van der Waals surface area contributed by atoms with Crippen molar-refractivity contribution >= 4 is 5.91 Å². The van der Waals surface area contributed by atoms with Gasteiger partial charge in [0.15, 0.2) is 0 Å². The number of amides is 1. The fourth-order valence-electron chi connectivity index (χ4n) is 2.69. The Hall–Kier alpha value is -1.29. The highest BCUT2D eigenvalue weighted by Gasteiger charge is 2.26. The molecule has 2 N–H and O–H groups in total. The van der Waals surface area contributed by atoms with Crippen LogP contribution in [0.15, 0.2) is 22.8 Å². The molecule has 0 saturated carbocycles. The van der Waals surface area contributed by atoms with Crippen molar-refractivity contribution < 1.29 is 9.21 Å². The van der Waals surface area contributed by atoms with Gasteiger partial charge < -0.3 is 15.1 Å². The molecule has 106 valence electrons. The van der Waals surface area contributed by atoms with Gasteiger partial charge in [-0.1, -0.05) is 13.3 Å². The van der Waals surface area contributed by atoms with E-state index in [9.17, 15) is 4.79 Å². The first-order valence-corrected chi connectivity index (χ1v) is 7.25. The van der Waals surface area contributed by atoms with Crippen LogP contribution in [0.25, 0.3) is 0 Å². The molecule has 0 bridgehead atoms. The van der Waals surface area contributed by atoms with Crippen LogP contribution in [-0.2, 0) is 11.2 Å². The van der Waals surface area contributed by atoms with Crippen molar-refractivity contribution in [2.24, 2.45) is 5.92 Å². The van der Waals surface area contributed by atoms with Gasteiger partial charge in [-0.05, 0) is 44.4 Å². The quantitative estimate of drug-likeness (QED) is 0.856. The third-order valence-corrected chi connectivity index (χ3v) is 3.88. The maximum Gasteiger partial charge on any atom is 0.237 e. The van der Waals surface area contributed by atoms with E-state index in [1.807, 2.05) is 19.1 Å². The maximum absolute atomic E-state index is 12.2. The van der Waals surface area contributed by atoms with Crippen LogP contribution in [0.2, 0.25) is 0 Å². The van der Waals surface area contributed by atoms with Crippen molar-refractivity contribution in [2.45, 2.75) is 51.6 Å². The molecule has 1 aliphatic heterocycles. The molecule has 1 aromatic rings. The van der Waals surface area contributed by atoms with E-state index >= 15 is 0 Å². The molecule has 4 nitrogen and oxygen atoms in total. The van der Waals surface area contributed by atoms with Crippen LogP contribution in [0.4, 0.5) is 0 Å². The number of furan rings is 1. The highest BCUT2D eigenvalue weighted by molar-refractivity contribution is 5.82. The first-order valence-electron chi connectivity index (χ1n) is 7.25. The Morgan fingerprint density at radius 2 is 2.47 bits per heavy atom. The second-order valence-corrected chi connectivity index (χ2v) is 5.50. The zero-order valence-corrected chi connectivity index (χ0v) is 11.8. The normalized spacial score (nSPS) is 24.9. The van der Waals surface area contributed by atoms with Gasteiger partial charge in [0.25, 0.3) is 0 Å². The summed E-state index contributed by atoms with van der Waals surface area (Å²) < 4.78 is 5.30. The molecule has 0 radical (unpaired) electrons. The standard InChI is InChI=1S/C15H24N2O2/c1-3-12-6-7-16-14(10-12)15(18)17-11(2)9-13-5-4-8-19-13/h4-5,8,11-12,14,16H,3,6-7,9-10H2,1-2H3,(H,17,18). The number of hydrogen-bond donors (Lipinski definition) is 2. The Balaban J connectivity index is 1.79. The van der Waals surface area contributed by atoms with E-state index in [2.05, 4.69) is 17.6 Å².